The van der Waals surface area contributed by atoms with Gasteiger partial charge in [0.15, 0.2) is 5.36 Å². The van der Waals surface area contributed by atoms with Crippen LogP contribution in [0.1, 0.15) is 76.3 Å². The van der Waals surface area contributed by atoms with Gasteiger partial charge in [-0.05, 0) is 78.3 Å². The molecule has 2 heterocycles. The minimum absolute atomic E-state index is 1.03. The van der Waals surface area contributed by atoms with Gasteiger partial charge in [-0.2, -0.15) is 0 Å². The standard InChI is InChI=1S/C40H46BN4/c1-5-7-9-11-27-44-35-25-21-31-17-13-15-29-19-23-33(39(35)37(29)31)42(3)41(44)43(4)34-24-20-30-16-14-18-32-22-26-36(40(34)38(30)32)45(41)28-12-10-8-6-2/h13-26H,5-12,27-28H2,1-4H3. The Labute approximate surface area is 268 Å². The first-order chi connectivity index (χ1) is 22.1. The van der Waals surface area contributed by atoms with E-state index >= 15 is 0 Å². The van der Waals surface area contributed by atoms with E-state index in [9.17, 15) is 0 Å². The maximum absolute atomic E-state index is 2.85. The fourth-order valence-corrected chi connectivity index (χ4v) is 9.18. The van der Waals surface area contributed by atoms with Gasteiger partial charge in [0.1, 0.15) is 0 Å². The highest BCUT2D eigenvalue weighted by Gasteiger charge is 2.60. The molecule has 0 fully saturated rings. The highest BCUT2D eigenvalue weighted by atomic mass is 15.5. The number of hydrogen-bond donors (Lipinski definition) is 0. The molecule has 8 rings (SSSR count). The smallest absolute Gasteiger partial charge is 0.451 e. The summed E-state index contributed by atoms with van der Waals surface area (Å²) >= 11 is 0. The van der Waals surface area contributed by atoms with Gasteiger partial charge in [-0.3, -0.25) is 0 Å². The summed E-state index contributed by atoms with van der Waals surface area (Å²) in [6.07, 6.45) is 14.8. The van der Waals surface area contributed by atoms with Crippen molar-refractivity contribution < 1.29 is 0 Å². The molecule has 2 aliphatic heterocycles. The molecule has 1 radical (unpaired) electrons. The molecule has 1 aliphatic carbocycles. The molecule has 4 nitrogen and oxygen atoms in total. The van der Waals surface area contributed by atoms with Gasteiger partial charge in [0.05, 0.1) is 18.5 Å². The van der Waals surface area contributed by atoms with Gasteiger partial charge in [-0.15, -0.1) is 0 Å². The predicted molar refractivity (Wildman–Crippen MR) is 196 cm³/mol. The molecule has 45 heavy (non-hydrogen) atoms. The molecule has 0 aromatic heterocycles. The van der Waals surface area contributed by atoms with E-state index in [0.29, 0.717) is 0 Å². The Morgan fingerprint density at radius 3 is 1.93 bits per heavy atom. The summed E-state index contributed by atoms with van der Waals surface area (Å²) in [5.41, 5.74) is 5.47. The predicted octanol–water partition coefficient (Wildman–Crippen LogP) is 8.76. The van der Waals surface area contributed by atoms with Crippen LogP contribution in [0.2, 0.25) is 0 Å². The summed E-state index contributed by atoms with van der Waals surface area (Å²) in [5, 5.41) is 9.55. The fraction of sp³-hybridized carbons (Fsp3) is 0.350. The Balaban J connectivity index is 1.43. The number of hydrogen-bond acceptors (Lipinski definition) is 3. The highest BCUT2D eigenvalue weighted by molar-refractivity contribution is 6.83. The van der Waals surface area contributed by atoms with Gasteiger partial charge in [-0.25, -0.2) is 0 Å². The van der Waals surface area contributed by atoms with Gasteiger partial charge in [0.25, 0.3) is 0 Å². The molecular formula is C40H46BN4. The van der Waals surface area contributed by atoms with E-state index in [0.717, 1.165) is 13.1 Å². The average molecular weight is 594 g/mol. The normalized spacial score (nSPS) is 19.2. The summed E-state index contributed by atoms with van der Waals surface area (Å²) in [5.74, 6) is 0. The first-order valence-electron chi connectivity index (χ1n) is 17.5. The summed E-state index contributed by atoms with van der Waals surface area (Å²) in [4.78, 5) is 8.37. The van der Waals surface area contributed by atoms with E-state index in [1.165, 1.54) is 118 Å². The minimum atomic E-state index is -1.55. The molecule has 1 unspecified atom stereocenters. The van der Waals surface area contributed by atoms with Crippen molar-refractivity contribution in [2.24, 2.45) is 0 Å². The van der Waals surface area contributed by atoms with E-state index in [1.807, 2.05) is 0 Å². The van der Waals surface area contributed by atoms with E-state index in [1.54, 1.807) is 0 Å². The van der Waals surface area contributed by atoms with Crippen molar-refractivity contribution in [3.63, 3.8) is 0 Å². The lowest BCUT2D eigenvalue weighted by Gasteiger charge is -2.63. The molecule has 0 saturated heterocycles. The molecule has 3 aliphatic rings. The van der Waals surface area contributed by atoms with Crippen LogP contribution in [0.5, 0.6) is 0 Å². The average Bonchev–Trinajstić information content (AvgIpc) is 3.07. The van der Waals surface area contributed by atoms with Crippen molar-refractivity contribution in [1.29, 1.82) is 0 Å². The molecule has 229 valence electrons. The SMILES string of the molecule is CCCCCCN1[C]2C=Cc3cccc4ccc(c2c34)N(C)[B-]12N(CCCCCC)c1ccc3cccc4ccc(c1c34)=[N+]2C. The lowest BCUT2D eigenvalue weighted by Crippen LogP contribution is -2.86. The van der Waals surface area contributed by atoms with Crippen LogP contribution >= 0.6 is 0 Å². The zero-order valence-electron chi connectivity index (χ0n) is 27.5. The monoisotopic (exact) mass is 593 g/mol. The molecule has 0 bridgehead atoms. The molecule has 5 heteroatoms. The number of rotatable bonds is 10. The van der Waals surface area contributed by atoms with Crippen molar-refractivity contribution >= 4 is 56.5 Å². The number of unbranched alkanes of at least 4 members (excludes halogenated alkanes) is 6. The first kappa shape index (κ1) is 28.6. The van der Waals surface area contributed by atoms with Crippen LogP contribution in [0.15, 0.2) is 78.9 Å². The zero-order valence-corrected chi connectivity index (χ0v) is 27.5. The molecule has 1 atom stereocenters. The first-order valence-corrected chi connectivity index (χ1v) is 17.5. The van der Waals surface area contributed by atoms with Crippen LogP contribution in [-0.4, -0.2) is 38.7 Å². The van der Waals surface area contributed by atoms with Crippen LogP contribution in [0, 0.1) is 6.04 Å². The Hall–Kier alpha value is -3.83. The fourth-order valence-electron chi connectivity index (χ4n) is 9.18. The summed E-state index contributed by atoms with van der Waals surface area (Å²) < 4.78 is 2.68. The van der Waals surface area contributed by atoms with Gasteiger partial charge in [0, 0.05) is 28.4 Å². The van der Waals surface area contributed by atoms with Crippen LogP contribution < -0.4 is 19.5 Å². The van der Waals surface area contributed by atoms with Crippen LogP contribution in [-0.2, 0) is 0 Å². The van der Waals surface area contributed by atoms with Crippen LogP contribution in [0.3, 0.4) is 0 Å². The summed E-state index contributed by atoms with van der Waals surface area (Å²) in [6.45, 7) is 5.15. The third-order valence-electron chi connectivity index (χ3n) is 11.2. The molecular weight excluding hydrogens is 547 g/mol. The molecule has 0 N–H and O–H groups in total. The molecule has 5 aromatic rings. The van der Waals surface area contributed by atoms with E-state index in [-0.39, 0.29) is 0 Å². The topological polar surface area (TPSA) is 12.7 Å². The van der Waals surface area contributed by atoms with E-state index in [2.05, 4.69) is 132 Å². The van der Waals surface area contributed by atoms with Crippen molar-refractivity contribution in [1.82, 2.24) is 9.30 Å². The third-order valence-corrected chi connectivity index (χ3v) is 11.2. The van der Waals surface area contributed by atoms with Crippen molar-refractivity contribution in [2.45, 2.75) is 65.2 Å². The van der Waals surface area contributed by atoms with Crippen molar-refractivity contribution in [3.8, 4) is 0 Å². The highest BCUT2D eigenvalue weighted by Crippen LogP contribution is 2.50. The second-order valence-corrected chi connectivity index (χ2v) is 13.7. The van der Waals surface area contributed by atoms with E-state index in [4.69, 9.17) is 0 Å². The maximum Gasteiger partial charge on any atom is 0.553 e. The van der Waals surface area contributed by atoms with Crippen molar-refractivity contribution in [2.75, 3.05) is 36.8 Å². The summed E-state index contributed by atoms with van der Waals surface area (Å²) in [7, 11) is 4.77. The number of benzene rings is 5. The lowest BCUT2D eigenvalue weighted by molar-refractivity contribution is 0.413. The van der Waals surface area contributed by atoms with Gasteiger partial charge < -0.3 is 18.9 Å². The van der Waals surface area contributed by atoms with Gasteiger partial charge >= 0.3 is 6.69 Å². The van der Waals surface area contributed by atoms with Crippen LogP contribution in [0.25, 0.3) is 38.4 Å². The molecule has 0 amide bonds. The van der Waals surface area contributed by atoms with Crippen molar-refractivity contribution in [3.05, 3.63) is 101 Å². The second-order valence-electron chi connectivity index (χ2n) is 13.7. The lowest BCUT2D eigenvalue weighted by atomic mass is 9.58. The number of nitrogens with zero attached hydrogens (tertiary/aromatic N) is 4. The van der Waals surface area contributed by atoms with Crippen LogP contribution in [0.4, 0.5) is 11.4 Å². The van der Waals surface area contributed by atoms with Gasteiger partial charge in [-0.1, -0.05) is 113 Å². The Morgan fingerprint density at radius 2 is 1.22 bits per heavy atom. The summed E-state index contributed by atoms with van der Waals surface area (Å²) in [6, 6.07) is 29.2. The third kappa shape index (κ3) is 4.05. The van der Waals surface area contributed by atoms with E-state index < -0.39 is 6.69 Å². The second kappa shape index (κ2) is 11.2. The minimum Gasteiger partial charge on any atom is -0.451 e. The number of anilines is 2. The Bertz CT molecular complexity index is 2000. The maximum atomic E-state index is 2.85. The Kier molecular flexibility index (Phi) is 7.13. The molecule has 5 aromatic carbocycles. The molecule has 0 saturated carbocycles. The van der Waals surface area contributed by atoms with Gasteiger partial charge in [0.2, 0.25) is 0 Å². The Morgan fingerprint density at radius 1 is 0.600 bits per heavy atom. The quantitative estimate of drug-likeness (QED) is 0.119. The zero-order chi connectivity index (χ0) is 30.7. The largest absolute Gasteiger partial charge is 0.553 e. The molecule has 1 spiro atoms.